The van der Waals surface area contributed by atoms with E-state index in [2.05, 4.69) is 10.3 Å². The molecular weight excluding hydrogens is 446 g/mol. The van der Waals surface area contributed by atoms with Crippen LogP contribution in [0, 0.1) is 11.6 Å². The second-order valence-electron chi connectivity index (χ2n) is 7.30. The minimum absolute atomic E-state index is 0.0563. The second kappa shape index (κ2) is 9.53. The maximum absolute atomic E-state index is 14.6. The fourth-order valence-corrected chi connectivity index (χ4v) is 3.26. The van der Waals surface area contributed by atoms with E-state index in [0.717, 1.165) is 6.08 Å². The molecule has 0 aliphatic rings. The van der Waals surface area contributed by atoms with Crippen molar-refractivity contribution in [3.05, 3.63) is 83.4 Å². The Kier molecular flexibility index (Phi) is 6.35. The molecule has 0 bridgehead atoms. The zero-order chi connectivity index (χ0) is 24.2. The van der Waals surface area contributed by atoms with Crippen LogP contribution >= 0.6 is 0 Å². The van der Waals surface area contributed by atoms with Crippen LogP contribution < -0.4 is 10.1 Å². The summed E-state index contributed by atoms with van der Waals surface area (Å²) in [5.74, 6) is -2.60. The lowest BCUT2D eigenvalue weighted by Crippen LogP contribution is -2.09. The fourth-order valence-electron chi connectivity index (χ4n) is 3.26. The normalized spacial score (nSPS) is 11.1. The third-order valence-electron chi connectivity index (χ3n) is 4.88. The molecule has 4 aromatic rings. The van der Waals surface area contributed by atoms with Crippen LogP contribution in [0.2, 0.25) is 0 Å². The minimum Gasteiger partial charge on any atom is -0.494 e. The minimum atomic E-state index is -0.964. The van der Waals surface area contributed by atoms with E-state index in [1.807, 2.05) is 0 Å². The van der Waals surface area contributed by atoms with Gasteiger partial charge in [-0.25, -0.2) is 13.8 Å². The number of rotatable bonds is 7. The lowest BCUT2D eigenvalue weighted by atomic mass is 10.1. The summed E-state index contributed by atoms with van der Waals surface area (Å²) in [5.41, 5.74) is 2.17. The molecule has 0 aliphatic carbocycles. The van der Waals surface area contributed by atoms with Gasteiger partial charge in [0.25, 0.3) is 0 Å². The van der Waals surface area contributed by atoms with E-state index < -0.39 is 23.5 Å². The maximum atomic E-state index is 14.6. The summed E-state index contributed by atoms with van der Waals surface area (Å²) >= 11 is 0. The highest BCUT2D eigenvalue weighted by Gasteiger charge is 2.13. The quantitative estimate of drug-likeness (QED) is 0.371. The summed E-state index contributed by atoms with van der Waals surface area (Å²) in [6.07, 6.45) is 2.40. The number of aromatic nitrogens is 1. The number of carboxylic acid groups (broad SMARTS) is 1. The van der Waals surface area contributed by atoms with E-state index in [0.29, 0.717) is 27.8 Å². The predicted octanol–water partition coefficient (Wildman–Crippen LogP) is 5.06. The van der Waals surface area contributed by atoms with E-state index in [4.69, 9.17) is 14.3 Å². The first kappa shape index (κ1) is 22.7. The molecule has 2 N–H and O–H groups in total. The number of ether oxygens (including phenoxy) is 1. The van der Waals surface area contributed by atoms with Gasteiger partial charge in [-0.2, -0.15) is 0 Å². The number of fused-ring (bicyclic) bond motifs is 1. The molecule has 0 aliphatic heterocycles. The van der Waals surface area contributed by atoms with Crippen molar-refractivity contribution in [3.63, 3.8) is 0 Å². The van der Waals surface area contributed by atoms with Gasteiger partial charge < -0.3 is 19.6 Å². The maximum Gasteiger partial charge on any atom is 0.307 e. The van der Waals surface area contributed by atoms with Gasteiger partial charge >= 0.3 is 5.97 Å². The van der Waals surface area contributed by atoms with Gasteiger partial charge in [0.2, 0.25) is 11.8 Å². The Labute approximate surface area is 192 Å². The first-order valence-corrected chi connectivity index (χ1v) is 10.1. The van der Waals surface area contributed by atoms with E-state index >= 15 is 0 Å². The third-order valence-corrected chi connectivity index (χ3v) is 4.88. The Hall–Kier alpha value is -4.53. The van der Waals surface area contributed by atoms with Crippen LogP contribution in [0.5, 0.6) is 5.75 Å². The number of benzene rings is 3. The number of carbonyl (C=O) groups is 2. The van der Waals surface area contributed by atoms with Crippen LogP contribution in [0.15, 0.2) is 65.1 Å². The van der Waals surface area contributed by atoms with Gasteiger partial charge in [-0.3, -0.25) is 9.59 Å². The number of amides is 1. The molecule has 3 aromatic carbocycles. The summed E-state index contributed by atoms with van der Waals surface area (Å²) in [6.45, 7) is 0. The number of halogens is 2. The van der Waals surface area contributed by atoms with Crippen molar-refractivity contribution in [2.75, 3.05) is 12.4 Å². The van der Waals surface area contributed by atoms with Gasteiger partial charge in [0, 0.05) is 11.6 Å². The number of nitrogens with zero attached hydrogens (tertiary/aromatic N) is 1. The van der Waals surface area contributed by atoms with Gasteiger partial charge in [0.15, 0.2) is 17.1 Å². The Morgan fingerprint density at radius 1 is 1.09 bits per heavy atom. The monoisotopic (exact) mass is 464 g/mol. The molecular formula is C25H18F2N2O5. The average Bonchev–Trinajstić information content (AvgIpc) is 3.22. The lowest BCUT2D eigenvalue weighted by Gasteiger charge is -2.05. The van der Waals surface area contributed by atoms with Crippen LogP contribution in [0.3, 0.4) is 0 Å². The molecule has 1 aromatic heterocycles. The SMILES string of the molecule is COc1ccc(C=CC(=O)Nc2ccc(-c3nc4cc(CC(=O)O)ccc4o3)cc2F)cc1F. The molecule has 7 nitrogen and oxygen atoms in total. The van der Waals surface area contributed by atoms with Crippen LogP contribution in [0.25, 0.3) is 28.6 Å². The highest BCUT2D eigenvalue weighted by atomic mass is 19.1. The molecule has 172 valence electrons. The van der Waals surface area contributed by atoms with Crippen molar-refractivity contribution in [2.45, 2.75) is 6.42 Å². The van der Waals surface area contributed by atoms with Crippen molar-refractivity contribution in [3.8, 4) is 17.2 Å². The number of aliphatic carboxylic acids is 1. The Morgan fingerprint density at radius 3 is 2.62 bits per heavy atom. The Bertz CT molecular complexity index is 1430. The molecule has 9 heteroatoms. The van der Waals surface area contributed by atoms with Crippen LogP contribution in [0.1, 0.15) is 11.1 Å². The van der Waals surface area contributed by atoms with Gasteiger partial charge in [-0.05, 0) is 59.7 Å². The third kappa shape index (κ3) is 5.09. The fraction of sp³-hybridized carbons (Fsp3) is 0.0800. The molecule has 4 rings (SSSR count). The zero-order valence-corrected chi connectivity index (χ0v) is 17.8. The summed E-state index contributed by atoms with van der Waals surface area (Å²) in [6, 6.07) is 13.1. The highest BCUT2D eigenvalue weighted by Crippen LogP contribution is 2.28. The van der Waals surface area contributed by atoms with Crippen molar-refractivity contribution in [1.82, 2.24) is 4.98 Å². The van der Waals surface area contributed by atoms with Crippen molar-refractivity contribution >= 4 is 34.7 Å². The molecule has 0 fully saturated rings. The largest absolute Gasteiger partial charge is 0.494 e. The number of oxazole rings is 1. The Morgan fingerprint density at radius 2 is 1.91 bits per heavy atom. The molecule has 0 atom stereocenters. The van der Waals surface area contributed by atoms with Crippen molar-refractivity contribution < 1.29 is 32.6 Å². The Balaban J connectivity index is 1.48. The number of carboxylic acids is 1. The van der Waals surface area contributed by atoms with Crippen LogP contribution in [-0.4, -0.2) is 29.1 Å². The standard InChI is InChI=1S/C25H18F2N2O5/c1-33-21-7-2-14(10-18(21)27)4-9-23(30)28-19-6-5-16(13-17(19)26)25-29-20-11-15(12-24(31)32)3-8-22(20)34-25/h2-11,13H,12H2,1H3,(H,28,30)(H,31,32). The van der Waals surface area contributed by atoms with E-state index in [9.17, 15) is 18.4 Å². The summed E-state index contributed by atoms with van der Waals surface area (Å²) < 4.78 is 38.8. The number of hydrogen-bond acceptors (Lipinski definition) is 5. The van der Waals surface area contributed by atoms with E-state index in [1.165, 1.54) is 43.5 Å². The topological polar surface area (TPSA) is 102 Å². The van der Waals surface area contributed by atoms with Gasteiger partial charge in [0.1, 0.15) is 11.3 Å². The molecule has 0 unspecified atom stereocenters. The molecule has 0 spiro atoms. The van der Waals surface area contributed by atoms with Crippen LogP contribution in [-0.2, 0) is 16.0 Å². The van der Waals surface area contributed by atoms with Gasteiger partial charge in [-0.1, -0.05) is 12.1 Å². The number of carbonyl (C=O) groups excluding carboxylic acids is 1. The van der Waals surface area contributed by atoms with Gasteiger partial charge in [-0.15, -0.1) is 0 Å². The number of methoxy groups -OCH3 is 1. The first-order chi connectivity index (χ1) is 16.3. The highest BCUT2D eigenvalue weighted by molar-refractivity contribution is 6.02. The molecule has 34 heavy (non-hydrogen) atoms. The summed E-state index contributed by atoms with van der Waals surface area (Å²) in [4.78, 5) is 27.4. The smallest absolute Gasteiger partial charge is 0.307 e. The second-order valence-corrected chi connectivity index (χ2v) is 7.30. The molecule has 0 radical (unpaired) electrons. The number of anilines is 1. The van der Waals surface area contributed by atoms with Gasteiger partial charge in [0.05, 0.1) is 19.2 Å². The van der Waals surface area contributed by atoms with E-state index in [1.54, 1.807) is 24.3 Å². The first-order valence-electron chi connectivity index (χ1n) is 10.1. The van der Waals surface area contributed by atoms with Crippen LogP contribution in [0.4, 0.5) is 14.5 Å². The lowest BCUT2D eigenvalue weighted by molar-refractivity contribution is -0.136. The molecule has 0 saturated heterocycles. The molecule has 1 amide bonds. The van der Waals surface area contributed by atoms with Crippen molar-refractivity contribution in [1.29, 1.82) is 0 Å². The number of nitrogens with one attached hydrogen (secondary N) is 1. The van der Waals surface area contributed by atoms with Crippen molar-refractivity contribution in [2.24, 2.45) is 0 Å². The zero-order valence-electron chi connectivity index (χ0n) is 17.8. The predicted molar refractivity (Wildman–Crippen MR) is 121 cm³/mol. The number of hydrogen-bond donors (Lipinski definition) is 2. The molecule has 0 saturated carbocycles. The summed E-state index contributed by atoms with van der Waals surface area (Å²) in [5, 5.41) is 11.3. The summed E-state index contributed by atoms with van der Waals surface area (Å²) in [7, 11) is 1.35. The van der Waals surface area contributed by atoms with E-state index in [-0.39, 0.29) is 23.7 Å². The average molecular weight is 464 g/mol. The molecule has 1 heterocycles.